The van der Waals surface area contributed by atoms with E-state index in [2.05, 4.69) is 6.58 Å². The van der Waals surface area contributed by atoms with Gasteiger partial charge in [0.05, 0.1) is 6.04 Å². The summed E-state index contributed by atoms with van der Waals surface area (Å²) in [4.78, 5) is 36.2. The summed E-state index contributed by atoms with van der Waals surface area (Å²) in [6.45, 7) is 5.73. The summed E-state index contributed by atoms with van der Waals surface area (Å²) in [5.41, 5.74) is 1.74. The quantitative estimate of drug-likeness (QED) is 0.573. The molecule has 1 aromatic rings. The predicted molar refractivity (Wildman–Crippen MR) is 85.7 cm³/mol. The molecule has 2 amide bonds. The molecule has 1 aromatic carbocycles. The van der Waals surface area contributed by atoms with Gasteiger partial charge in [0.15, 0.2) is 0 Å². The Morgan fingerprint density at radius 2 is 2.13 bits per heavy atom. The monoisotopic (exact) mass is 315 g/mol. The van der Waals surface area contributed by atoms with Gasteiger partial charge in [-0.25, -0.2) is 9.69 Å². The summed E-state index contributed by atoms with van der Waals surface area (Å²) >= 11 is 0. The van der Waals surface area contributed by atoms with Gasteiger partial charge in [0.1, 0.15) is 12.9 Å². The third-order valence-electron chi connectivity index (χ3n) is 3.90. The Hall–Kier alpha value is -2.43. The summed E-state index contributed by atoms with van der Waals surface area (Å²) in [7, 11) is 0. The number of hydrogen-bond acceptors (Lipinski definition) is 4. The SMILES string of the molecule is C=C(CC=O)C[C@@H](C)C(=O)N1C(=O)OC[C@@H]1Cc1ccccc1. The van der Waals surface area contributed by atoms with Gasteiger partial charge < -0.3 is 9.53 Å². The smallest absolute Gasteiger partial charge is 0.416 e. The lowest BCUT2D eigenvalue weighted by molar-refractivity contribution is -0.132. The Balaban J connectivity index is 2.05. The molecule has 5 nitrogen and oxygen atoms in total. The maximum atomic E-state index is 12.6. The van der Waals surface area contributed by atoms with Crippen LogP contribution in [0, 0.1) is 5.92 Å². The number of aldehydes is 1. The van der Waals surface area contributed by atoms with E-state index in [1.165, 1.54) is 4.90 Å². The lowest BCUT2D eigenvalue weighted by atomic mass is 9.98. The minimum absolute atomic E-state index is 0.210. The summed E-state index contributed by atoms with van der Waals surface area (Å²) < 4.78 is 5.06. The molecule has 1 heterocycles. The molecule has 1 saturated heterocycles. The molecule has 0 bridgehead atoms. The van der Waals surface area contributed by atoms with E-state index in [1.807, 2.05) is 30.3 Å². The highest BCUT2D eigenvalue weighted by Gasteiger charge is 2.39. The molecule has 5 heteroatoms. The van der Waals surface area contributed by atoms with Crippen molar-refractivity contribution >= 4 is 18.3 Å². The fraction of sp³-hybridized carbons (Fsp3) is 0.389. The molecule has 0 aliphatic carbocycles. The molecule has 0 N–H and O–H groups in total. The molecule has 1 aliphatic rings. The first-order chi connectivity index (χ1) is 11.0. The van der Waals surface area contributed by atoms with Crippen LogP contribution in [0.5, 0.6) is 0 Å². The zero-order valence-electron chi connectivity index (χ0n) is 13.2. The number of imide groups is 1. The normalized spacial score (nSPS) is 18.4. The van der Waals surface area contributed by atoms with Crippen molar-refractivity contribution in [1.82, 2.24) is 4.90 Å². The van der Waals surface area contributed by atoms with Gasteiger partial charge >= 0.3 is 6.09 Å². The van der Waals surface area contributed by atoms with Gasteiger partial charge in [-0.05, 0) is 18.4 Å². The van der Waals surface area contributed by atoms with Crippen molar-refractivity contribution in [2.45, 2.75) is 32.2 Å². The number of amides is 2. The van der Waals surface area contributed by atoms with Crippen LogP contribution in [0.3, 0.4) is 0 Å². The highest BCUT2D eigenvalue weighted by molar-refractivity contribution is 5.94. The molecule has 0 radical (unpaired) electrons. The molecule has 0 saturated carbocycles. The zero-order valence-corrected chi connectivity index (χ0v) is 13.2. The Kier molecular flexibility index (Phi) is 5.68. The zero-order chi connectivity index (χ0) is 16.8. The highest BCUT2D eigenvalue weighted by atomic mass is 16.6. The number of ether oxygens (including phenoxy) is 1. The average molecular weight is 315 g/mol. The van der Waals surface area contributed by atoms with Gasteiger partial charge in [-0.2, -0.15) is 0 Å². The van der Waals surface area contributed by atoms with Crippen LogP contribution in [0.1, 0.15) is 25.3 Å². The molecule has 0 unspecified atom stereocenters. The molecule has 0 spiro atoms. The first-order valence-corrected chi connectivity index (χ1v) is 7.67. The molecular formula is C18H21NO4. The van der Waals surface area contributed by atoms with E-state index in [9.17, 15) is 14.4 Å². The Morgan fingerprint density at radius 1 is 1.43 bits per heavy atom. The summed E-state index contributed by atoms with van der Waals surface area (Å²) in [5.74, 6) is -0.688. The van der Waals surface area contributed by atoms with Gasteiger partial charge in [-0.3, -0.25) is 4.79 Å². The minimum atomic E-state index is -0.594. The van der Waals surface area contributed by atoms with Crippen molar-refractivity contribution in [3.05, 3.63) is 48.0 Å². The number of allylic oxidation sites excluding steroid dienone is 1. The van der Waals surface area contributed by atoms with Crippen molar-refractivity contribution in [1.29, 1.82) is 0 Å². The van der Waals surface area contributed by atoms with Crippen molar-refractivity contribution in [2.75, 3.05) is 6.61 Å². The van der Waals surface area contributed by atoms with Crippen LogP contribution in [-0.4, -0.2) is 35.8 Å². The fourth-order valence-electron chi connectivity index (χ4n) is 2.73. The average Bonchev–Trinajstić information content (AvgIpc) is 2.88. The number of benzene rings is 1. The molecule has 2 rings (SSSR count). The van der Waals surface area contributed by atoms with E-state index in [0.29, 0.717) is 18.4 Å². The van der Waals surface area contributed by atoms with Crippen LogP contribution < -0.4 is 0 Å². The molecule has 0 aromatic heterocycles. The van der Waals surface area contributed by atoms with Crippen molar-refractivity contribution in [2.24, 2.45) is 5.92 Å². The number of cyclic esters (lactones) is 1. The molecular weight excluding hydrogens is 294 g/mol. The van der Waals surface area contributed by atoms with E-state index in [4.69, 9.17) is 4.74 Å². The number of carbonyl (C=O) groups excluding carboxylic acids is 3. The lowest BCUT2D eigenvalue weighted by Crippen LogP contribution is -2.43. The molecule has 1 aliphatic heterocycles. The van der Waals surface area contributed by atoms with Crippen LogP contribution in [0.4, 0.5) is 4.79 Å². The molecule has 23 heavy (non-hydrogen) atoms. The van der Waals surface area contributed by atoms with Crippen molar-refractivity contribution < 1.29 is 19.1 Å². The van der Waals surface area contributed by atoms with Crippen LogP contribution in [0.25, 0.3) is 0 Å². The van der Waals surface area contributed by atoms with Crippen LogP contribution >= 0.6 is 0 Å². The van der Waals surface area contributed by atoms with E-state index in [-0.39, 0.29) is 25.0 Å². The van der Waals surface area contributed by atoms with Gasteiger partial charge in [0.2, 0.25) is 5.91 Å². The van der Waals surface area contributed by atoms with E-state index < -0.39 is 12.0 Å². The van der Waals surface area contributed by atoms with Crippen molar-refractivity contribution in [3.8, 4) is 0 Å². The van der Waals surface area contributed by atoms with E-state index >= 15 is 0 Å². The maximum absolute atomic E-state index is 12.6. The number of nitrogens with zero attached hydrogens (tertiary/aromatic N) is 1. The first-order valence-electron chi connectivity index (χ1n) is 7.67. The molecule has 122 valence electrons. The Labute approximate surface area is 135 Å². The second kappa shape index (κ2) is 7.72. The van der Waals surface area contributed by atoms with Gasteiger partial charge in [-0.15, -0.1) is 0 Å². The van der Waals surface area contributed by atoms with Crippen molar-refractivity contribution in [3.63, 3.8) is 0 Å². The minimum Gasteiger partial charge on any atom is -0.447 e. The fourth-order valence-corrected chi connectivity index (χ4v) is 2.73. The molecule has 2 atom stereocenters. The number of carbonyl (C=O) groups is 3. The highest BCUT2D eigenvalue weighted by Crippen LogP contribution is 2.22. The molecule has 1 fully saturated rings. The van der Waals surface area contributed by atoms with Gasteiger partial charge in [0, 0.05) is 12.3 Å². The lowest BCUT2D eigenvalue weighted by Gasteiger charge is -2.23. The largest absolute Gasteiger partial charge is 0.447 e. The summed E-state index contributed by atoms with van der Waals surface area (Å²) in [6, 6.07) is 9.39. The number of rotatable bonds is 7. The number of hydrogen-bond donors (Lipinski definition) is 0. The van der Waals surface area contributed by atoms with Crippen LogP contribution in [0.15, 0.2) is 42.5 Å². The second-order valence-electron chi connectivity index (χ2n) is 5.85. The first kappa shape index (κ1) is 16.9. The Bertz CT molecular complexity index is 596. The maximum Gasteiger partial charge on any atom is 0.416 e. The van der Waals surface area contributed by atoms with Crippen LogP contribution in [0.2, 0.25) is 0 Å². The summed E-state index contributed by atoms with van der Waals surface area (Å²) in [6.07, 6.45) is 1.36. The third kappa shape index (κ3) is 4.28. The van der Waals surface area contributed by atoms with E-state index in [1.54, 1.807) is 6.92 Å². The van der Waals surface area contributed by atoms with Crippen LogP contribution in [-0.2, 0) is 20.7 Å². The Morgan fingerprint density at radius 3 is 2.78 bits per heavy atom. The van der Waals surface area contributed by atoms with E-state index in [0.717, 1.165) is 11.8 Å². The topological polar surface area (TPSA) is 63.7 Å². The third-order valence-corrected chi connectivity index (χ3v) is 3.90. The van der Waals surface area contributed by atoms with Gasteiger partial charge in [-0.1, -0.05) is 49.4 Å². The second-order valence-corrected chi connectivity index (χ2v) is 5.85. The standard InChI is InChI=1S/C18H21NO4/c1-13(8-9-20)10-14(2)17(21)19-16(12-23-18(19)22)11-15-6-4-3-5-7-15/h3-7,9,14,16H,1,8,10-12H2,2H3/t14-,16+/m1/s1. The van der Waals surface area contributed by atoms with Gasteiger partial charge in [0.25, 0.3) is 0 Å². The summed E-state index contributed by atoms with van der Waals surface area (Å²) in [5, 5.41) is 0. The predicted octanol–water partition coefficient (Wildman–Crippen LogP) is 2.75.